The summed E-state index contributed by atoms with van der Waals surface area (Å²) in [5.74, 6) is 5.46. The zero-order valence-corrected chi connectivity index (χ0v) is 14.9. The highest BCUT2D eigenvalue weighted by Gasteiger charge is 2.21. The number of aromatic nitrogens is 1. The number of pyridine rings is 1. The Morgan fingerprint density at radius 1 is 1.12 bits per heavy atom. The standard InChI is InChI=1S/C22H19FN2O/c1-15-17-10-7-11-19(23)20(17)24-14-18(15)21(26)25-22(2,3)13-12-16-8-5-4-6-9-16/h4-11,14H,1-3H3,(H,25,26). The molecule has 3 aromatic rings. The van der Waals surface area contributed by atoms with Gasteiger partial charge in [0, 0.05) is 17.1 Å². The van der Waals surface area contributed by atoms with Crippen LogP contribution < -0.4 is 5.32 Å². The van der Waals surface area contributed by atoms with E-state index in [1.165, 1.54) is 12.3 Å². The number of carbonyl (C=O) groups is 1. The molecule has 0 bridgehead atoms. The number of nitrogens with zero attached hydrogens (tertiary/aromatic N) is 1. The smallest absolute Gasteiger partial charge is 0.254 e. The van der Waals surface area contributed by atoms with E-state index in [4.69, 9.17) is 0 Å². The zero-order chi connectivity index (χ0) is 18.7. The first-order chi connectivity index (χ1) is 12.4. The van der Waals surface area contributed by atoms with Crippen LogP contribution in [0, 0.1) is 24.6 Å². The molecule has 26 heavy (non-hydrogen) atoms. The quantitative estimate of drug-likeness (QED) is 0.705. The average molecular weight is 346 g/mol. The first kappa shape index (κ1) is 17.6. The summed E-state index contributed by atoms with van der Waals surface area (Å²) in [6.45, 7) is 5.47. The van der Waals surface area contributed by atoms with E-state index in [9.17, 15) is 9.18 Å². The Balaban J connectivity index is 1.87. The van der Waals surface area contributed by atoms with E-state index in [1.54, 1.807) is 19.1 Å². The van der Waals surface area contributed by atoms with Crippen LogP contribution in [0.4, 0.5) is 4.39 Å². The summed E-state index contributed by atoms with van der Waals surface area (Å²) in [7, 11) is 0. The second-order valence-electron chi connectivity index (χ2n) is 6.63. The van der Waals surface area contributed by atoms with Crippen molar-refractivity contribution in [1.29, 1.82) is 0 Å². The van der Waals surface area contributed by atoms with Crippen molar-refractivity contribution >= 4 is 16.8 Å². The van der Waals surface area contributed by atoms with Crippen molar-refractivity contribution < 1.29 is 9.18 Å². The lowest BCUT2D eigenvalue weighted by atomic mass is 10.0. The van der Waals surface area contributed by atoms with Crippen LogP contribution in [0.5, 0.6) is 0 Å². The van der Waals surface area contributed by atoms with E-state index in [0.717, 1.165) is 5.56 Å². The lowest BCUT2D eigenvalue weighted by Gasteiger charge is -2.20. The number of hydrogen-bond donors (Lipinski definition) is 1. The minimum Gasteiger partial charge on any atom is -0.336 e. The van der Waals surface area contributed by atoms with Crippen LogP contribution in [-0.4, -0.2) is 16.4 Å². The summed E-state index contributed by atoms with van der Waals surface area (Å²) in [6.07, 6.45) is 1.41. The molecule has 130 valence electrons. The summed E-state index contributed by atoms with van der Waals surface area (Å²) >= 11 is 0. The Labute approximate surface area is 152 Å². The number of carbonyl (C=O) groups excluding carboxylic acids is 1. The maximum Gasteiger partial charge on any atom is 0.254 e. The number of halogens is 1. The molecule has 0 atom stereocenters. The molecule has 3 nitrogen and oxygen atoms in total. The first-order valence-corrected chi connectivity index (χ1v) is 8.32. The molecule has 0 fully saturated rings. The second-order valence-corrected chi connectivity index (χ2v) is 6.63. The Hall–Kier alpha value is -3.19. The molecule has 1 heterocycles. The molecule has 4 heteroatoms. The topological polar surface area (TPSA) is 42.0 Å². The third kappa shape index (κ3) is 3.73. The molecule has 1 amide bonds. The Morgan fingerprint density at radius 3 is 2.58 bits per heavy atom. The summed E-state index contributed by atoms with van der Waals surface area (Å²) in [6, 6.07) is 14.3. The minimum absolute atomic E-state index is 0.268. The maximum atomic E-state index is 13.9. The Kier molecular flexibility index (Phi) is 4.73. The van der Waals surface area contributed by atoms with Gasteiger partial charge < -0.3 is 5.32 Å². The highest BCUT2D eigenvalue weighted by atomic mass is 19.1. The first-order valence-electron chi connectivity index (χ1n) is 8.32. The minimum atomic E-state index is -0.726. The van der Waals surface area contributed by atoms with Crippen LogP contribution in [0.25, 0.3) is 10.9 Å². The molecule has 0 aliphatic rings. The van der Waals surface area contributed by atoms with E-state index < -0.39 is 11.4 Å². The van der Waals surface area contributed by atoms with Gasteiger partial charge in [0.1, 0.15) is 11.3 Å². The van der Waals surface area contributed by atoms with Crippen LogP contribution in [0.3, 0.4) is 0 Å². The molecular formula is C22H19FN2O. The van der Waals surface area contributed by atoms with E-state index in [0.29, 0.717) is 16.5 Å². The molecule has 1 N–H and O–H groups in total. The SMILES string of the molecule is Cc1c(C(=O)NC(C)(C)C#Cc2ccccc2)cnc2c(F)cccc12. The molecule has 1 aromatic heterocycles. The molecule has 3 rings (SSSR count). The molecule has 0 radical (unpaired) electrons. The van der Waals surface area contributed by atoms with Crippen LogP contribution in [0.2, 0.25) is 0 Å². The van der Waals surface area contributed by atoms with Gasteiger partial charge in [0.05, 0.1) is 11.1 Å². The molecular weight excluding hydrogens is 327 g/mol. The highest BCUT2D eigenvalue weighted by molar-refractivity contribution is 6.00. The van der Waals surface area contributed by atoms with Crippen molar-refractivity contribution in [3.63, 3.8) is 0 Å². The van der Waals surface area contributed by atoms with Gasteiger partial charge in [0.25, 0.3) is 5.91 Å². The molecule has 0 aliphatic carbocycles. The summed E-state index contributed by atoms with van der Waals surface area (Å²) in [4.78, 5) is 16.8. The second kappa shape index (κ2) is 6.97. The van der Waals surface area contributed by atoms with Crippen LogP contribution in [-0.2, 0) is 0 Å². The van der Waals surface area contributed by atoms with Crippen LogP contribution >= 0.6 is 0 Å². The van der Waals surface area contributed by atoms with Crippen molar-refractivity contribution in [2.45, 2.75) is 26.3 Å². The normalized spacial score (nSPS) is 10.9. The van der Waals surface area contributed by atoms with Gasteiger partial charge in [-0.15, -0.1) is 0 Å². The van der Waals surface area contributed by atoms with E-state index in [2.05, 4.69) is 22.1 Å². The van der Waals surface area contributed by atoms with Crippen molar-refractivity contribution in [1.82, 2.24) is 10.3 Å². The number of rotatable bonds is 2. The predicted molar refractivity (Wildman–Crippen MR) is 101 cm³/mol. The average Bonchev–Trinajstić information content (AvgIpc) is 2.61. The number of hydrogen-bond acceptors (Lipinski definition) is 2. The van der Waals surface area contributed by atoms with Gasteiger partial charge in [-0.05, 0) is 44.5 Å². The molecule has 2 aromatic carbocycles. The number of fused-ring (bicyclic) bond motifs is 1. The fourth-order valence-electron chi connectivity index (χ4n) is 2.68. The van der Waals surface area contributed by atoms with Crippen LogP contribution in [0.1, 0.15) is 35.3 Å². The number of amides is 1. The van der Waals surface area contributed by atoms with Crippen molar-refractivity contribution in [2.24, 2.45) is 0 Å². The van der Waals surface area contributed by atoms with E-state index in [-0.39, 0.29) is 11.4 Å². The monoisotopic (exact) mass is 346 g/mol. The summed E-state index contributed by atoms with van der Waals surface area (Å²) in [5.41, 5.74) is 1.53. The molecule has 0 aliphatic heterocycles. The van der Waals surface area contributed by atoms with Gasteiger partial charge in [-0.3, -0.25) is 9.78 Å². The largest absolute Gasteiger partial charge is 0.336 e. The van der Waals surface area contributed by atoms with Gasteiger partial charge in [-0.1, -0.05) is 42.2 Å². The lowest BCUT2D eigenvalue weighted by molar-refractivity contribution is 0.0929. The fraction of sp³-hybridized carbons (Fsp3) is 0.182. The van der Waals surface area contributed by atoms with Crippen molar-refractivity contribution in [3.05, 3.63) is 77.2 Å². The molecule has 0 spiro atoms. The Bertz CT molecular complexity index is 1030. The van der Waals surface area contributed by atoms with Gasteiger partial charge >= 0.3 is 0 Å². The van der Waals surface area contributed by atoms with E-state index in [1.807, 2.05) is 44.2 Å². The molecule has 0 saturated carbocycles. The number of nitrogens with one attached hydrogen (secondary N) is 1. The number of aryl methyl sites for hydroxylation is 1. The van der Waals surface area contributed by atoms with Crippen molar-refractivity contribution in [2.75, 3.05) is 0 Å². The van der Waals surface area contributed by atoms with E-state index >= 15 is 0 Å². The fourth-order valence-corrected chi connectivity index (χ4v) is 2.68. The number of para-hydroxylation sites is 1. The summed E-state index contributed by atoms with van der Waals surface area (Å²) in [5, 5.41) is 3.55. The molecule has 0 unspecified atom stereocenters. The maximum absolute atomic E-state index is 13.9. The zero-order valence-electron chi connectivity index (χ0n) is 14.9. The third-order valence-electron chi connectivity index (χ3n) is 4.08. The van der Waals surface area contributed by atoms with Gasteiger partial charge in [0.15, 0.2) is 0 Å². The van der Waals surface area contributed by atoms with Gasteiger partial charge in [0.2, 0.25) is 0 Å². The lowest BCUT2D eigenvalue weighted by Crippen LogP contribution is -2.42. The predicted octanol–water partition coefficient (Wildman–Crippen LogP) is 4.24. The highest BCUT2D eigenvalue weighted by Crippen LogP contribution is 2.22. The number of benzene rings is 2. The Morgan fingerprint density at radius 2 is 1.85 bits per heavy atom. The van der Waals surface area contributed by atoms with Gasteiger partial charge in [-0.2, -0.15) is 0 Å². The molecule has 0 saturated heterocycles. The van der Waals surface area contributed by atoms with Gasteiger partial charge in [-0.25, -0.2) is 4.39 Å². The summed E-state index contributed by atoms with van der Waals surface area (Å²) < 4.78 is 13.9. The van der Waals surface area contributed by atoms with Crippen LogP contribution in [0.15, 0.2) is 54.7 Å². The van der Waals surface area contributed by atoms with Crippen molar-refractivity contribution in [3.8, 4) is 11.8 Å². The third-order valence-corrected chi connectivity index (χ3v) is 4.08.